The van der Waals surface area contributed by atoms with E-state index in [9.17, 15) is 4.79 Å². The van der Waals surface area contributed by atoms with Gasteiger partial charge in [-0.1, -0.05) is 24.3 Å². The highest BCUT2D eigenvalue weighted by molar-refractivity contribution is 6.12. The second-order valence-corrected chi connectivity index (χ2v) is 7.50. The van der Waals surface area contributed by atoms with Crippen molar-refractivity contribution in [3.05, 3.63) is 78.8 Å². The van der Waals surface area contributed by atoms with Crippen molar-refractivity contribution in [2.24, 2.45) is 7.05 Å². The van der Waals surface area contributed by atoms with Gasteiger partial charge in [-0.3, -0.25) is 9.78 Å². The summed E-state index contributed by atoms with van der Waals surface area (Å²) in [4.78, 5) is 26.5. The van der Waals surface area contributed by atoms with Gasteiger partial charge >= 0.3 is 0 Å². The molecule has 1 aromatic carbocycles. The van der Waals surface area contributed by atoms with Crippen molar-refractivity contribution in [2.45, 2.75) is 0 Å². The molecule has 0 N–H and O–H groups in total. The predicted molar refractivity (Wildman–Crippen MR) is 119 cm³/mol. The fraction of sp³-hybridized carbons (Fsp3) is 0.208. The Morgan fingerprint density at radius 2 is 1.60 bits per heavy atom. The van der Waals surface area contributed by atoms with Crippen molar-refractivity contribution in [1.82, 2.24) is 19.4 Å². The van der Waals surface area contributed by atoms with Gasteiger partial charge in [-0.05, 0) is 30.3 Å². The van der Waals surface area contributed by atoms with E-state index in [0.29, 0.717) is 13.1 Å². The minimum Gasteiger partial charge on any atom is -0.353 e. The number of pyridine rings is 2. The number of amides is 1. The van der Waals surface area contributed by atoms with Crippen molar-refractivity contribution < 1.29 is 4.79 Å². The molecule has 30 heavy (non-hydrogen) atoms. The summed E-state index contributed by atoms with van der Waals surface area (Å²) in [5, 5.41) is 0.990. The number of piperazine rings is 1. The summed E-state index contributed by atoms with van der Waals surface area (Å²) in [6.07, 6.45) is 5.35. The Kier molecular flexibility index (Phi) is 4.67. The van der Waals surface area contributed by atoms with Crippen LogP contribution in [-0.2, 0) is 7.05 Å². The minimum absolute atomic E-state index is 0.0827. The van der Waals surface area contributed by atoms with Crippen LogP contribution in [0.15, 0.2) is 73.2 Å². The number of fused-ring (bicyclic) bond motifs is 1. The molecule has 150 valence electrons. The van der Waals surface area contributed by atoms with Crippen LogP contribution >= 0.6 is 0 Å². The second kappa shape index (κ2) is 7.63. The zero-order chi connectivity index (χ0) is 20.5. The van der Waals surface area contributed by atoms with E-state index in [1.54, 1.807) is 12.4 Å². The fourth-order valence-corrected chi connectivity index (χ4v) is 4.30. The average Bonchev–Trinajstić information content (AvgIpc) is 3.12. The summed E-state index contributed by atoms with van der Waals surface area (Å²) in [7, 11) is 2.02. The van der Waals surface area contributed by atoms with Crippen molar-refractivity contribution in [3.8, 4) is 11.3 Å². The first-order chi connectivity index (χ1) is 14.7. The first kappa shape index (κ1) is 18.4. The number of nitrogens with zero attached hydrogens (tertiary/aromatic N) is 5. The molecule has 4 heterocycles. The van der Waals surface area contributed by atoms with Gasteiger partial charge in [-0.25, -0.2) is 4.98 Å². The number of anilines is 1. The zero-order valence-corrected chi connectivity index (χ0v) is 16.9. The molecule has 0 saturated carbocycles. The molecule has 1 aliphatic heterocycles. The van der Waals surface area contributed by atoms with E-state index in [1.807, 2.05) is 66.7 Å². The van der Waals surface area contributed by atoms with Gasteiger partial charge in [-0.15, -0.1) is 0 Å². The van der Waals surface area contributed by atoms with Crippen LogP contribution in [0.3, 0.4) is 0 Å². The van der Waals surface area contributed by atoms with Gasteiger partial charge < -0.3 is 14.4 Å². The van der Waals surface area contributed by atoms with Crippen LogP contribution in [0.4, 0.5) is 5.82 Å². The summed E-state index contributed by atoms with van der Waals surface area (Å²) >= 11 is 0. The maximum Gasteiger partial charge on any atom is 0.256 e. The summed E-state index contributed by atoms with van der Waals surface area (Å²) in [5.41, 5.74) is 3.76. The van der Waals surface area contributed by atoms with E-state index in [-0.39, 0.29) is 5.91 Å². The van der Waals surface area contributed by atoms with Crippen molar-refractivity contribution in [3.63, 3.8) is 0 Å². The Hall–Kier alpha value is -3.67. The Balaban J connectivity index is 1.50. The first-order valence-corrected chi connectivity index (χ1v) is 10.2. The number of para-hydroxylation sites is 1. The maximum atomic E-state index is 13.7. The molecule has 5 rings (SSSR count). The maximum absolute atomic E-state index is 13.7. The SMILES string of the molecule is Cn1c(-c2ccncc2)c(C(=O)N2CCN(c3ccccn3)CC2)c2ccccc21. The number of aryl methyl sites for hydroxylation is 1. The standard InChI is InChI=1S/C24H23N5O/c1-27-20-7-3-2-6-19(20)22(23(27)18-9-12-25-13-10-18)24(30)29-16-14-28(15-17-29)21-8-4-5-11-26-21/h2-13H,14-17H2,1H3. The number of carbonyl (C=O) groups excluding carboxylic acids is 1. The van der Waals surface area contributed by atoms with Crippen LogP contribution < -0.4 is 4.90 Å². The minimum atomic E-state index is 0.0827. The van der Waals surface area contributed by atoms with Crippen LogP contribution in [0, 0.1) is 0 Å². The molecule has 6 heteroatoms. The highest BCUT2D eigenvalue weighted by Gasteiger charge is 2.28. The van der Waals surface area contributed by atoms with Crippen molar-refractivity contribution in [1.29, 1.82) is 0 Å². The summed E-state index contributed by atoms with van der Waals surface area (Å²) in [6, 6.07) is 18.0. The Morgan fingerprint density at radius 1 is 0.867 bits per heavy atom. The van der Waals surface area contributed by atoms with Gasteiger partial charge in [0.1, 0.15) is 5.82 Å². The van der Waals surface area contributed by atoms with Crippen molar-refractivity contribution >= 4 is 22.6 Å². The number of hydrogen-bond acceptors (Lipinski definition) is 4. The zero-order valence-electron chi connectivity index (χ0n) is 16.9. The second-order valence-electron chi connectivity index (χ2n) is 7.50. The van der Waals surface area contributed by atoms with Crippen LogP contribution in [0.1, 0.15) is 10.4 Å². The van der Waals surface area contributed by atoms with Crippen LogP contribution in [0.2, 0.25) is 0 Å². The van der Waals surface area contributed by atoms with Gasteiger partial charge in [0.2, 0.25) is 0 Å². The lowest BCUT2D eigenvalue weighted by atomic mass is 10.0. The lowest BCUT2D eigenvalue weighted by Crippen LogP contribution is -2.49. The van der Waals surface area contributed by atoms with Gasteiger partial charge in [-0.2, -0.15) is 0 Å². The Morgan fingerprint density at radius 3 is 2.33 bits per heavy atom. The monoisotopic (exact) mass is 397 g/mol. The topological polar surface area (TPSA) is 54.3 Å². The molecule has 0 radical (unpaired) electrons. The largest absolute Gasteiger partial charge is 0.353 e. The Labute approximate surface area is 175 Å². The molecule has 0 unspecified atom stereocenters. The number of carbonyl (C=O) groups is 1. The fourth-order valence-electron chi connectivity index (χ4n) is 4.30. The lowest BCUT2D eigenvalue weighted by molar-refractivity contribution is 0.0749. The van der Waals surface area contributed by atoms with E-state index in [4.69, 9.17) is 0 Å². The number of aromatic nitrogens is 3. The normalized spacial score (nSPS) is 14.3. The van der Waals surface area contributed by atoms with Gasteiger partial charge in [0.25, 0.3) is 5.91 Å². The van der Waals surface area contributed by atoms with Crippen LogP contribution in [-0.4, -0.2) is 51.5 Å². The highest BCUT2D eigenvalue weighted by Crippen LogP contribution is 2.34. The molecule has 0 aliphatic carbocycles. The van der Waals surface area contributed by atoms with E-state index in [0.717, 1.165) is 46.6 Å². The molecule has 1 amide bonds. The van der Waals surface area contributed by atoms with Gasteiger partial charge in [0, 0.05) is 68.3 Å². The van der Waals surface area contributed by atoms with E-state index < -0.39 is 0 Å². The van der Waals surface area contributed by atoms with E-state index >= 15 is 0 Å². The molecule has 1 fully saturated rings. The van der Waals surface area contributed by atoms with Crippen molar-refractivity contribution in [2.75, 3.05) is 31.1 Å². The van der Waals surface area contributed by atoms with Gasteiger partial charge in [0.15, 0.2) is 0 Å². The number of rotatable bonds is 3. The predicted octanol–water partition coefficient (Wildman–Crippen LogP) is 3.60. The molecule has 0 bridgehead atoms. The smallest absolute Gasteiger partial charge is 0.256 e. The molecule has 1 saturated heterocycles. The molecular weight excluding hydrogens is 374 g/mol. The molecule has 4 aromatic rings. The molecular formula is C24H23N5O. The van der Waals surface area contributed by atoms with Crippen LogP contribution in [0.25, 0.3) is 22.2 Å². The third-order valence-corrected chi connectivity index (χ3v) is 5.81. The highest BCUT2D eigenvalue weighted by atomic mass is 16.2. The third-order valence-electron chi connectivity index (χ3n) is 5.81. The Bertz CT molecular complexity index is 1180. The summed E-state index contributed by atoms with van der Waals surface area (Å²) in [6.45, 7) is 2.90. The average molecular weight is 397 g/mol. The third kappa shape index (κ3) is 3.10. The summed E-state index contributed by atoms with van der Waals surface area (Å²) < 4.78 is 2.11. The number of benzene rings is 1. The van der Waals surface area contributed by atoms with E-state index in [2.05, 4.69) is 25.5 Å². The summed E-state index contributed by atoms with van der Waals surface area (Å²) in [5.74, 6) is 1.05. The number of hydrogen-bond donors (Lipinski definition) is 0. The lowest BCUT2D eigenvalue weighted by Gasteiger charge is -2.35. The quantitative estimate of drug-likeness (QED) is 0.530. The molecule has 6 nitrogen and oxygen atoms in total. The van der Waals surface area contributed by atoms with Gasteiger partial charge in [0.05, 0.1) is 11.3 Å². The molecule has 0 spiro atoms. The first-order valence-electron chi connectivity index (χ1n) is 10.2. The molecule has 1 aliphatic rings. The molecule has 3 aromatic heterocycles. The van der Waals surface area contributed by atoms with Crippen LogP contribution in [0.5, 0.6) is 0 Å². The molecule has 0 atom stereocenters. The van der Waals surface area contributed by atoms with E-state index in [1.165, 1.54) is 0 Å².